The Morgan fingerprint density at radius 1 is 1.04 bits per heavy atom. The van der Waals surface area contributed by atoms with Gasteiger partial charge in [-0.25, -0.2) is 0 Å². The molecule has 2 rings (SSSR count). The predicted molar refractivity (Wildman–Crippen MR) is 106 cm³/mol. The van der Waals surface area contributed by atoms with Gasteiger partial charge in [-0.3, -0.25) is 4.79 Å². The molecule has 0 aliphatic rings. The standard InChI is InChI=1S/C21H26BrNO2/c1-13(2)17-8-9-20(19(22)11-17)25-12-21(24)23-16(5)18-7-6-14(3)15(4)10-18/h6-11,13,16H,12H2,1-5H3,(H,23,24)/t16-/m0/s1. The van der Waals surface area contributed by atoms with Crippen molar-refractivity contribution in [1.29, 1.82) is 0 Å². The van der Waals surface area contributed by atoms with Gasteiger partial charge in [0, 0.05) is 0 Å². The van der Waals surface area contributed by atoms with Crippen LogP contribution in [-0.2, 0) is 4.79 Å². The Hall–Kier alpha value is -1.81. The number of amides is 1. The van der Waals surface area contributed by atoms with Crippen LogP contribution in [0.5, 0.6) is 5.75 Å². The Morgan fingerprint density at radius 2 is 1.72 bits per heavy atom. The molecule has 2 aromatic rings. The lowest BCUT2D eigenvalue weighted by atomic mass is 10.0. The first-order valence-corrected chi connectivity index (χ1v) is 9.36. The average molecular weight is 404 g/mol. The Morgan fingerprint density at radius 3 is 2.32 bits per heavy atom. The second kappa shape index (κ2) is 8.52. The average Bonchev–Trinajstić information content (AvgIpc) is 2.55. The molecule has 0 radical (unpaired) electrons. The maximum Gasteiger partial charge on any atom is 0.258 e. The summed E-state index contributed by atoms with van der Waals surface area (Å²) in [5, 5.41) is 2.98. The Balaban J connectivity index is 1.93. The van der Waals surface area contributed by atoms with Crippen LogP contribution in [0.4, 0.5) is 0 Å². The first-order chi connectivity index (χ1) is 11.8. The van der Waals surface area contributed by atoms with Crippen LogP contribution in [0, 0.1) is 13.8 Å². The summed E-state index contributed by atoms with van der Waals surface area (Å²) in [6.07, 6.45) is 0. The molecule has 0 spiro atoms. The highest BCUT2D eigenvalue weighted by Crippen LogP contribution is 2.28. The number of hydrogen-bond acceptors (Lipinski definition) is 2. The molecule has 0 unspecified atom stereocenters. The highest BCUT2D eigenvalue weighted by Gasteiger charge is 2.12. The number of ether oxygens (including phenoxy) is 1. The number of benzene rings is 2. The van der Waals surface area contributed by atoms with Gasteiger partial charge < -0.3 is 10.1 Å². The Kier molecular flexibility index (Phi) is 6.65. The van der Waals surface area contributed by atoms with Crippen LogP contribution < -0.4 is 10.1 Å². The summed E-state index contributed by atoms with van der Waals surface area (Å²) in [4.78, 5) is 12.2. The van der Waals surface area contributed by atoms with Crippen LogP contribution in [0.25, 0.3) is 0 Å². The fourth-order valence-electron chi connectivity index (χ4n) is 2.54. The zero-order valence-corrected chi connectivity index (χ0v) is 17.1. The quantitative estimate of drug-likeness (QED) is 0.696. The molecule has 1 N–H and O–H groups in total. The van der Waals surface area contributed by atoms with Crippen molar-refractivity contribution < 1.29 is 9.53 Å². The molecule has 0 aliphatic heterocycles. The van der Waals surface area contributed by atoms with Crippen molar-refractivity contribution in [2.24, 2.45) is 0 Å². The van der Waals surface area contributed by atoms with Gasteiger partial charge >= 0.3 is 0 Å². The molecular formula is C21H26BrNO2. The maximum absolute atomic E-state index is 12.2. The van der Waals surface area contributed by atoms with Gasteiger partial charge in [0.1, 0.15) is 5.75 Å². The molecule has 25 heavy (non-hydrogen) atoms. The van der Waals surface area contributed by atoms with Crippen molar-refractivity contribution in [3.8, 4) is 5.75 Å². The van der Waals surface area contributed by atoms with Gasteiger partial charge in [-0.1, -0.05) is 38.1 Å². The third kappa shape index (κ3) is 5.33. The lowest BCUT2D eigenvalue weighted by Gasteiger charge is -2.16. The molecule has 1 amide bonds. The first-order valence-electron chi connectivity index (χ1n) is 8.56. The van der Waals surface area contributed by atoms with E-state index in [1.54, 1.807) is 0 Å². The van der Waals surface area contributed by atoms with E-state index in [2.05, 4.69) is 67.1 Å². The molecule has 0 saturated carbocycles. The van der Waals surface area contributed by atoms with E-state index in [4.69, 9.17) is 4.74 Å². The summed E-state index contributed by atoms with van der Waals surface area (Å²) in [6, 6.07) is 12.2. The van der Waals surface area contributed by atoms with E-state index >= 15 is 0 Å². The molecule has 2 aromatic carbocycles. The number of hydrogen-bond donors (Lipinski definition) is 1. The number of aryl methyl sites for hydroxylation is 2. The largest absolute Gasteiger partial charge is 0.483 e. The number of carbonyl (C=O) groups is 1. The molecule has 0 aromatic heterocycles. The van der Waals surface area contributed by atoms with Gasteiger partial charge in [-0.05, 0) is 77.0 Å². The molecule has 0 bridgehead atoms. The van der Waals surface area contributed by atoms with Gasteiger partial charge in [-0.2, -0.15) is 0 Å². The van der Waals surface area contributed by atoms with Crippen molar-refractivity contribution in [1.82, 2.24) is 5.32 Å². The zero-order chi connectivity index (χ0) is 18.6. The van der Waals surface area contributed by atoms with E-state index in [0.717, 1.165) is 10.0 Å². The second-order valence-electron chi connectivity index (χ2n) is 6.77. The predicted octanol–water partition coefficient (Wildman–Crippen LogP) is 5.45. The van der Waals surface area contributed by atoms with E-state index in [-0.39, 0.29) is 18.6 Å². The summed E-state index contributed by atoms with van der Waals surface area (Å²) in [5.41, 5.74) is 4.80. The zero-order valence-electron chi connectivity index (χ0n) is 15.5. The highest BCUT2D eigenvalue weighted by molar-refractivity contribution is 9.10. The summed E-state index contributed by atoms with van der Waals surface area (Å²) in [6.45, 7) is 10.4. The number of nitrogens with one attached hydrogen (secondary N) is 1. The molecule has 134 valence electrons. The molecule has 0 saturated heterocycles. The van der Waals surface area contributed by atoms with Crippen LogP contribution in [-0.4, -0.2) is 12.5 Å². The van der Waals surface area contributed by atoms with Gasteiger partial charge in [-0.15, -0.1) is 0 Å². The minimum Gasteiger partial charge on any atom is -0.483 e. The molecule has 0 fully saturated rings. The number of carbonyl (C=O) groups excluding carboxylic acids is 1. The minimum atomic E-state index is -0.134. The number of halogens is 1. The minimum absolute atomic E-state index is 0.00515. The Labute approximate surface area is 158 Å². The molecule has 0 heterocycles. The molecule has 0 aliphatic carbocycles. The first kappa shape index (κ1) is 19.5. The topological polar surface area (TPSA) is 38.3 Å². The summed E-state index contributed by atoms with van der Waals surface area (Å²) in [5.74, 6) is 0.997. The summed E-state index contributed by atoms with van der Waals surface area (Å²) < 4.78 is 6.52. The van der Waals surface area contributed by atoms with Gasteiger partial charge in [0.15, 0.2) is 6.61 Å². The number of rotatable bonds is 6. The van der Waals surface area contributed by atoms with Crippen molar-refractivity contribution in [3.63, 3.8) is 0 Å². The normalized spacial score (nSPS) is 12.1. The smallest absolute Gasteiger partial charge is 0.258 e. The molecule has 4 heteroatoms. The van der Waals surface area contributed by atoms with E-state index < -0.39 is 0 Å². The Bertz CT molecular complexity index is 756. The monoisotopic (exact) mass is 403 g/mol. The lowest BCUT2D eigenvalue weighted by Crippen LogP contribution is -2.31. The van der Waals surface area contributed by atoms with E-state index in [1.165, 1.54) is 16.7 Å². The van der Waals surface area contributed by atoms with Gasteiger partial charge in [0.2, 0.25) is 0 Å². The fourth-order valence-corrected chi connectivity index (χ4v) is 3.05. The van der Waals surface area contributed by atoms with Crippen LogP contribution in [0.3, 0.4) is 0 Å². The van der Waals surface area contributed by atoms with Crippen LogP contribution in [0.15, 0.2) is 40.9 Å². The molecular weight excluding hydrogens is 378 g/mol. The molecule has 3 nitrogen and oxygen atoms in total. The molecule has 1 atom stereocenters. The third-order valence-electron chi connectivity index (χ3n) is 4.39. The van der Waals surface area contributed by atoms with E-state index in [0.29, 0.717) is 11.7 Å². The van der Waals surface area contributed by atoms with Crippen molar-refractivity contribution in [3.05, 3.63) is 63.1 Å². The second-order valence-corrected chi connectivity index (χ2v) is 7.62. The van der Waals surface area contributed by atoms with Crippen molar-refractivity contribution in [2.75, 3.05) is 6.61 Å². The van der Waals surface area contributed by atoms with Crippen LogP contribution >= 0.6 is 15.9 Å². The summed E-state index contributed by atoms with van der Waals surface area (Å²) in [7, 11) is 0. The van der Waals surface area contributed by atoms with Gasteiger partial charge in [0.05, 0.1) is 10.5 Å². The fraction of sp³-hybridized carbons (Fsp3) is 0.381. The van der Waals surface area contributed by atoms with Gasteiger partial charge in [0.25, 0.3) is 5.91 Å². The van der Waals surface area contributed by atoms with E-state index in [9.17, 15) is 4.79 Å². The van der Waals surface area contributed by atoms with Crippen LogP contribution in [0.1, 0.15) is 55.0 Å². The van der Waals surface area contributed by atoms with Crippen molar-refractivity contribution in [2.45, 2.75) is 46.6 Å². The van der Waals surface area contributed by atoms with Crippen molar-refractivity contribution >= 4 is 21.8 Å². The maximum atomic E-state index is 12.2. The summed E-state index contributed by atoms with van der Waals surface area (Å²) >= 11 is 3.51. The lowest BCUT2D eigenvalue weighted by molar-refractivity contribution is -0.123. The van der Waals surface area contributed by atoms with E-state index in [1.807, 2.05) is 25.1 Å². The third-order valence-corrected chi connectivity index (χ3v) is 5.01. The van der Waals surface area contributed by atoms with Crippen LogP contribution in [0.2, 0.25) is 0 Å². The SMILES string of the molecule is Cc1ccc([C@H](C)NC(=O)COc2ccc(C(C)C)cc2Br)cc1C. The highest BCUT2D eigenvalue weighted by atomic mass is 79.9.